The van der Waals surface area contributed by atoms with Gasteiger partial charge in [-0.15, -0.1) is 0 Å². The van der Waals surface area contributed by atoms with Crippen LogP contribution in [0, 0.1) is 0 Å². The molecule has 1 aromatic carbocycles. The molecular weight excluding hydrogens is 228 g/mol. The number of ether oxygens (including phenoxy) is 2. The quantitative estimate of drug-likeness (QED) is 0.807. The molecule has 2 unspecified atom stereocenters. The Bertz CT molecular complexity index is 361. The lowest BCUT2D eigenvalue weighted by Gasteiger charge is -2.16. The zero-order chi connectivity index (χ0) is 13.5. The van der Waals surface area contributed by atoms with Crippen LogP contribution < -0.4 is 4.74 Å². The Balaban J connectivity index is 2.85. The van der Waals surface area contributed by atoms with Crippen LogP contribution in [-0.2, 0) is 11.3 Å². The molecule has 0 aromatic heterocycles. The van der Waals surface area contributed by atoms with Crippen LogP contribution in [0.4, 0.5) is 0 Å². The molecule has 0 fully saturated rings. The predicted octanol–water partition coefficient (Wildman–Crippen LogP) is 3.45. The van der Waals surface area contributed by atoms with Crippen molar-refractivity contribution in [3.63, 3.8) is 0 Å². The molecule has 0 aliphatic heterocycles. The number of hydrogen-bond acceptors (Lipinski definition) is 3. The average Bonchev–Trinajstić information content (AvgIpc) is 2.37. The summed E-state index contributed by atoms with van der Waals surface area (Å²) in [6, 6.07) is 5.75. The molecule has 3 heteroatoms. The Labute approximate surface area is 110 Å². The fourth-order valence-electron chi connectivity index (χ4n) is 1.62. The van der Waals surface area contributed by atoms with Gasteiger partial charge in [0.25, 0.3) is 0 Å². The monoisotopic (exact) mass is 252 g/mol. The second-order valence-electron chi connectivity index (χ2n) is 4.51. The van der Waals surface area contributed by atoms with E-state index in [0.717, 1.165) is 23.3 Å². The second-order valence-corrected chi connectivity index (χ2v) is 4.51. The first-order chi connectivity index (χ1) is 8.58. The molecule has 0 heterocycles. The van der Waals surface area contributed by atoms with E-state index in [2.05, 4.69) is 13.8 Å². The van der Waals surface area contributed by atoms with Gasteiger partial charge in [-0.1, -0.05) is 13.0 Å². The Kier molecular flexibility index (Phi) is 6.16. The predicted molar refractivity (Wildman–Crippen MR) is 72.8 cm³/mol. The zero-order valence-corrected chi connectivity index (χ0v) is 11.8. The molecule has 0 amide bonds. The molecule has 0 radical (unpaired) electrons. The molecule has 0 aliphatic carbocycles. The first-order valence-electron chi connectivity index (χ1n) is 6.63. The first-order valence-corrected chi connectivity index (χ1v) is 6.63. The molecule has 0 spiro atoms. The lowest BCUT2D eigenvalue weighted by molar-refractivity contribution is 0.0493. The van der Waals surface area contributed by atoms with Crippen molar-refractivity contribution in [3.05, 3.63) is 29.3 Å². The molecule has 1 rings (SSSR count). The van der Waals surface area contributed by atoms with Crippen molar-refractivity contribution < 1.29 is 14.6 Å². The summed E-state index contributed by atoms with van der Waals surface area (Å²) < 4.78 is 11.3. The fraction of sp³-hybridized carbons (Fsp3) is 0.600. The Morgan fingerprint density at radius 2 is 1.94 bits per heavy atom. The molecule has 0 bridgehead atoms. The normalized spacial score (nSPS) is 14.3. The van der Waals surface area contributed by atoms with E-state index in [9.17, 15) is 5.11 Å². The molecule has 0 aliphatic rings. The highest BCUT2D eigenvalue weighted by Crippen LogP contribution is 2.25. The highest BCUT2D eigenvalue weighted by atomic mass is 16.5. The molecule has 102 valence electrons. The van der Waals surface area contributed by atoms with Gasteiger partial charge in [0.2, 0.25) is 0 Å². The van der Waals surface area contributed by atoms with Crippen LogP contribution >= 0.6 is 0 Å². The van der Waals surface area contributed by atoms with Gasteiger partial charge in [0.15, 0.2) is 0 Å². The summed E-state index contributed by atoms with van der Waals surface area (Å²) in [5, 5.41) is 9.61. The van der Waals surface area contributed by atoms with Gasteiger partial charge in [-0.2, -0.15) is 0 Å². The summed E-state index contributed by atoms with van der Waals surface area (Å²) >= 11 is 0. The van der Waals surface area contributed by atoms with Crippen molar-refractivity contribution in [2.24, 2.45) is 0 Å². The van der Waals surface area contributed by atoms with Gasteiger partial charge in [-0.25, -0.2) is 0 Å². The standard InChI is InChI=1S/C15H24O3/c1-5-11(3)18-10-14-9-13(12(4)16)7-8-15(14)17-6-2/h7-9,11-12,16H,5-6,10H2,1-4H3. The second kappa shape index (κ2) is 7.39. The molecular formula is C15H24O3. The minimum Gasteiger partial charge on any atom is -0.494 e. The van der Waals surface area contributed by atoms with Gasteiger partial charge >= 0.3 is 0 Å². The average molecular weight is 252 g/mol. The maximum Gasteiger partial charge on any atom is 0.124 e. The Hall–Kier alpha value is -1.06. The number of hydrogen-bond donors (Lipinski definition) is 1. The van der Waals surface area contributed by atoms with E-state index in [1.165, 1.54) is 0 Å². The van der Waals surface area contributed by atoms with Gasteiger partial charge in [0, 0.05) is 5.56 Å². The smallest absolute Gasteiger partial charge is 0.124 e. The van der Waals surface area contributed by atoms with E-state index in [0.29, 0.717) is 13.2 Å². The van der Waals surface area contributed by atoms with Crippen molar-refractivity contribution in [3.8, 4) is 5.75 Å². The molecule has 2 atom stereocenters. The minimum atomic E-state index is -0.469. The lowest BCUT2D eigenvalue weighted by Crippen LogP contribution is -2.08. The maximum atomic E-state index is 9.61. The van der Waals surface area contributed by atoms with Gasteiger partial charge in [-0.05, 0) is 44.9 Å². The molecule has 0 saturated carbocycles. The largest absolute Gasteiger partial charge is 0.494 e. The molecule has 3 nitrogen and oxygen atoms in total. The van der Waals surface area contributed by atoms with Crippen molar-refractivity contribution in [1.82, 2.24) is 0 Å². The van der Waals surface area contributed by atoms with Crippen LogP contribution in [0.1, 0.15) is 51.3 Å². The molecule has 18 heavy (non-hydrogen) atoms. The summed E-state index contributed by atoms with van der Waals surface area (Å²) in [5.41, 5.74) is 1.89. The van der Waals surface area contributed by atoms with Gasteiger partial charge in [-0.3, -0.25) is 0 Å². The molecule has 1 aromatic rings. The van der Waals surface area contributed by atoms with E-state index < -0.39 is 6.10 Å². The SMILES string of the molecule is CCOc1ccc(C(C)O)cc1COC(C)CC. The van der Waals surface area contributed by atoms with Crippen molar-refractivity contribution in [2.45, 2.75) is 52.9 Å². The third kappa shape index (κ3) is 4.31. The van der Waals surface area contributed by atoms with Crippen LogP contribution in [-0.4, -0.2) is 17.8 Å². The van der Waals surface area contributed by atoms with Crippen molar-refractivity contribution in [2.75, 3.05) is 6.61 Å². The van der Waals surface area contributed by atoms with Gasteiger partial charge in [0.1, 0.15) is 5.75 Å². The summed E-state index contributed by atoms with van der Waals surface area (Å²) in [4.78, 5) is 0. The van der Waals surface area contributed by atoms with Crippen LogP contribution in [0.2, 0.25) is 0 Å². The molecule has 0 saturated heterocycles. The van der Waals surface area contributed by atoms with Crippen molar-refractivity contribution >= 4 is 0 Å². The summed E-state index contributed by atoms with van der Waals surface area (Å²) in [5.74, 6) is 0.838. The first kappa shape index (κ1) is 15.0. The topological polar surface area (TPSA) is 38.7 Å². The fourth-order valence-corrected chi connectivity index (χ4v) is 1.62. The van der Waals surface area contributed by atoms with E-state index in [-0.39, 0.29) is 6.10 Å². The highest BCUT2D eigenvalue weighted by molar-refractivity contribution is 5.37. The Morgan fingerprint density at radius 1 is 1.22 bits per heavy atom. The number of aliphatic hydroxyl groups excluding tert-OH is 1. The van der Waals surface area contributed by atoms with Crippen LogP contribution in [0.25, 0.3) is 0 Å². The summed E-state index contributed by atoms with van der Waals surface area (Å²) in [6.45, 7) is 9.02. The van der Waals surface area contributed by atoms with Gasteiger partial charge < -0.3 is 14.6 Å². The van der Waals surface area contributed by atoms with E-state index in [1.54, 1.807) is 6.92 Å². The zero-order valence-electron chi connectivity index (χ0n) is 11.8. The number of rotatable bonds is 7. The van der Waals surface area contributed by atoms with Crippen molar-refractivity contribution in [1.29, 1.82) is 0 Å². The molecule has 1 N–H and O–H groups in total. The lowest BCUT2D eigenvalue weighted by atomic mass is 10.1. The van der Waals surface area contributed by atoms with Gasteiger partial charge in [0.05, 0.1) is 25.4 Å². The van der Waals surface area contributed by atoms with E-state index >= 15 is 0 Å². The number of benzene rings is 1. The van der Waals surface area contributed by atoms with Crippen LogP contribution in [0.5, 0.6) is 5.75 Å². The van der Waals surface area contributed by atoms with Crippen LogP contribution in [0.15, 0.2) is 18.2 Å². The minimum absolute atomic E-state index is 0.231. The van der Waals surface area contributed by atoms with E-state index in [4.69, 9.17) is 9.47 Å². The Morgan fingerprint density at radius 3 is 2.50 bits per heavy atom. The maximum absolute atomic E-state index is 9.61. The van der Waals surface area contributed by atoms with E-state index in [1.807, 2.05) is 25.1 Å². The third-order valence-electron chi connectivity index (χ3n) is 2.97. The number of aliphatic hydroxyl groups is 1. The summed E-state index contributed by atoms with van der Waals surface area (Å²) in [7, 11) is 0. The van der Waals surface area contributed by atoms with Crippen LogP contribution in [0.3, 0.4) is 0 Å². The summed E-state index contributed by atoms with van der Waals surface area (Å²) in [6.07, 6.45) is 0.748. The third-order valence-corrected chi connectivity index (χ3v) is 2.97. The highest BCUT2D eigenvalue weighted by Gasteiger charge is 2.09.